The maximum absolute atomic E-state index is 12.6. The van der Waals surface area contributed by atoms with Gasteiger partial charge in [0.15, 0.2) is 0 Å². The van der Waals surface area contributed by atoms with Crippen molar-refractivity contribution in [2.45, 2.75) is 25.8 Å². The second-order valence-electron chi connectivity index (χ2n) is 5.62. The molecule has 6 heteroatoms. The Balaban J connectivity index is 2.65. The van der Waals surface area contributed by atoms with Crippen LogP contribution in [0.25, 0.3) is 0 Å². The molecule has 0 aromatic rings. The summed E-state index contributed by atoms with van der Waals surface area (Å²) in [5.74, 6) is 0.0279. The van der Waals surface area contributed by atoms with Crippen LogP contribution in [-0.2, 0) is 14.3 Å². The molecule has 0 bridgehead atoms. The van der Waals surface area contributed by atoms with Crippen molar-refractivity contribution in [1.29, 1.82) is 0 Å². The maximum Gasteiger partial charge on any atom is 0.241 e. The summed E-state index contributed by atoms with van der Waals surface area (Å²) in [6.45, 7) is 3.99. The van der Waals surface area contributed by atoms with Gasteiger partial charge in [-0.2, -0.15) is 0 Å². The number of likely N-dealkylation sites (N-methyl/N-ethyl adjacent to an activating group) is 1. The van der Waals surface area contributed by atoms with Gasteiger partial charge in [0, 0.05) is 39.7 Å². The topological polar surface area (TPSA) is 61.9 Å². The molecular formula is C14H27N3O3. The van der Waals surface area contributed by atoms with Crippen LogP contribution in [0.5, 0.6) is 0 Å². The van der Waals surface area contributed by atoms with E-state index in [1.54, 1.807) is 26.1 Å². The average Bonchev–Trinajstić information content (AvgIpc) is 2.42. The number of hydrogen-bond acceptors (Lipinski definition) is 4. The Bertz CT molecular complexity index is 334. The van der Waals surface area contributed by atoms with E-state index < -0.39 is 0 Å². The molecule has 116 valence electrons. The van der Waals surface area contributed by atoms with Crippen LogP contribution in [0.2, 0.25) is 0 Å². The van der Waals surface area contributed by atoms with Crippen LogP contribution in [0, 0.1) is 5.92 Å². The van der Waals surface area contributed by atoms with Crippen LogP contribution in [0.15, 0.2) is 0 Å². The molecule has 1 fully saturated rings. The van der Waals surface area contributed by atoms with E-state index in [2.05, 4.69) is 12.2 Å². The molecule has 0 saturated carbocycles. The Morgan fingerprint density at radius 3 is 2.60 bits per heavy atom. The molecule has 1 saturated heterocycles. The van der Waals surface area contributed by atoms with Gasteiger partial charge in [-0.15, -0.1) is 0 Å². The lowest BCUT2D eigenvalue weighted by Gasteiger charge is -2.32. The van der Waals surface area contributed by atoms with Crippen LogP contribution in [0.1, 0.15) is 19.8 Å². The van der Waals surface area contributed by atoms with Crippen molar-refractivity contribution in [3.8, 4) is 0 Å². The van der Waals surface area contributed by atoms with E-state index in [1.165, 1.54) is 4.90 Å². The summed E-state index contributed by atoms with van der Waals surface area (Å²) in [6.07, 6.45) is 1.67. The van der Waals surface area contributed by atoms with Gasteiger partial charge in [-0.1, -0.05) is 0 Å². The molecule has 20 heavy (non-hydrogen) atoms. The molecule has 6 nitrogen and oxygen atoms in total. The van der Waals surface area contributed by atoms with Crippen LogP contribution in [0.4, 0.5) is 0 Å². The van der Waals surface area contributed by atoms with Crippen molar-refractivity contribution in [3.05, 3.63) is 0 Å². The lowest BCUT2D eigenvalue weighted by Crippen LogP contribution is -2.48. The summed E-state index contributed by atoms with van der Waals surface area (Å²) in [5.41, 5.74) is 0. The molecule has 0 radical (unpaired) electrons. The summed E-state index contributed by atoms with van der Waals surface area (Å²) < 4.78 is 5.04. The third kappa shape index (κ3) is 5.09. The standard InChI is InChI=1S/C14H27N3O3/c1-11-9-12(5-6-15-11)14(19)17(7-8-20-4)10-13(18)16(2)3/h11-12,15H,5-10H2,1-4H3. The highest BCUT2D eigenvalue weighted by Gasteiger charge is 2.29. The fourth-order valence-corrected chi connectivity index (χ4v) is 2.39. The SMILES string of the molecule is COCCN(CC(=O)N(C)C)C(=O)C1CCNC(C)C1. The number of methoxy groups -OCH3 is 1. The lowest BCUT2D eigenvalue weighted by molar-refractivity contribution is -0.143. The van der Waals surface area contributed by atoms with E-state index in [0.29, 0.717) is 19.2 Å². The zero-order valence-electron chi connectivity index (χ0n) is 13.0. The van der Waals surface area contributed by atoms with Gasteiger partial charge in [-0.05, 0) is 26.3 Å². The van der Waals surface area contributed by atoms with E-state index in [9.17, 15) is 9.59 Å². The first-order valence-corrected chi connectivity index (χ1v) is 7.17. The fourth-order valence-electron chi connectivity index (χ4n) is 2.39. The predicted octanol–water partition coefficient (Wildman–Crippen LogP) is -0.0623. The van der Waals surface area contributed by atoms with Gasteiger partial charge in [-0.3, -0.25) is 9.59 Å². The molecule has 1 N–H and O–H groups in total. The van der Waals surface area contributed by atoms with Crippen molar-refractivity contribution in [2.24, 2.45) is 5.92 Å². The van der Waals surface area contributed by atoms with Gasteiger partial charge in [0.1, 0.15) is 0 Å². The van der Waals surface area contributed by atoms with Crippen LogP contribution >= 0.6 is 0 Å². The Morgan fingerprint density at radius 1 is 1.35 bits per heavy atom. The Labute approximate surface area is 121 Å². The van der Waals surface area contributed by atoms with Crippen LogP contribution in [0.3, 0.4) is 0 Å². The lowest BCUT2D eigenvalue weighted by atomic mass is 9.92. The van der Waals surface area contributed by atoms with Gasteiger partial charge in [0.25, 0.3) is 0 Å². The zero-order valence-corrected chi connectivity index (χ0v) is 13.0. The minimum Gasteiger partial charge on any atom is -0.383 e. The van der Waals surface area contributed by atoms with E-state index in [1.807, 2.05) is 0 Å². The maximum atomic E-state index is 12.6. The van der Waals surface area contributed by atoms with Gasteiger partial charge < -0.3 is 19.9 Å². The highest BCUT2D eigenvalue weighted by Crippen LogP contribution is 2.18. The molecule has 0 spiro atoms. The number of carbonyl (C=O) groups excluding carboxylic acids is 2. The number of rotatable bonds is 6. The molecule has 2 atom stereocenters. The Morgan fingerprint density at radius 2 is 2.05 bits per heavy atom. The fraction of sp³-hybridized carbons (Fsp3) is 0.857. The quantitative estimate of drug-likeness (QED) is 0.742. The van der Waals surface area contributed by atoms with Crippen molar-refractivity contribution < 1.29 is 14.3 Å². The monoisotopic (exact) mass is 285 g/mol. The van der Waals surface area contributed by atoms with Crippen molar-refractivity contribution in [1.82, 2.24) is 15.1 Å². The Kier molecular flexibility index (Phi) is 6.95. The first-order valence-electron chi connectivity index (χ1n) is 7.17. The minimum atomic E-state index is -0.0589. The second kappa shape index (κ2) is 8.21. The molecule has 0 aromatic carbocycles. The van der Waals surface area contributed by atoms with Crippen LogP contribution < -0.4 is 5.32 Å². The average molecular weight is 285 g/mol. The number of hydrogen-bond donors (Lipinski definition) is 1. The number of nitrogens with one attached hydrogen (secondary N) is 1. The van der Waals surface area contributed by atoms with Gasteiger partial charge in [-0.25, -0.2) is 0 Å². The molecule has 0 aromatic heterocycles. The molecule has 2 unspecified atom stereocenters. The largest absolute Gasteiger partial charge is 0.383 e. The molecular weight excluding hydrogens is 258 g/mol. The number of ether oxygens (including phenoxy) is 1. The van der Waals surface area contributed by atoms with Gasteiger partial charge >= 0.3 is 0 Å². The van der Waals surface area contributed by atoms with E-state index in [0.717, 1.165) is 19.4 Å². The number of amides is 2. The number of piperidine rings is 1. The second-order valence-corrected chi connectivity index (χ2v) is 5.62. The summed E-state index contributed by atoms with van der Waals surface area (Å²) >= 11 is 0. The van der Waals surface area contributed by atoms with Crippen molar-refractivity contribution in [3.63, 3.8) is 0 Å². The van der Waals surface area contributed by atoms with E-state index >= 15 is 0 Å². The number of nitrogens with zero attached hydrogens (tertiary/aromatic N) is 2. The van der Waals surface area contributed by atoms with Crippen molar-refractivity contribution >= 4 is 11.8 Å². The van der Waals surface area contributed by atoms with Crippen LogP contribution in [-0.4, -0.2) is 75.1 Å². The predicted molar refractivity (Wildman–Crippen MR) is 77.3 cm³/mol. The minimum absolute atomic E-state index is 0.0121. The zero-order chi connectivity index (χ0) is 15.1. The third-order valence-electron chi connectivity index (χ3n) is 3.67. The molecule has 1 aliphatic rings. The summed E-state index contributed by atoms with van der Waals surface area (Å²) in [5, 5.41) is 3.34. The summed E-state index contributed by atoms with van der Waals surface area (Å²) in [6, 6.07) is 0.353. The molecule has 1 aliphatic heterocycles. The third-order valence-corrected chi connectivity index (χ3v) is 3.67. The van der Waals surface area contributed by atoms with Gasteiger partial charge in [0.2, 0.25) is 11.8 Å². The van der Waals surface area contributed by atoms with Gasteiger partial charge in [0.05, 0.1) is 13.2 Å². The normalized spacial score (nSPS) is 22.4. The highest BCUT2D eigenvalue weighted by molar-refractivity contribution is 5.85. The van der Waals surface area contributed by atoms with E-state index in [4.69, 9.17) is 4.74 Å². The Hall–Kier alpha value is -1.14. The molecule has 0 aliphatic carbocycles. The number of carbonyl (C=O) groups is 2. The summed E-state index contributed by atoms with van der Waals surface area (Å²) in [7, 11) is 5.00. The summed E-state index contributed by atoms with van der Waals surface area (Å²) in [4.78, 5) is 27.6. The molecule has 2 amide bonds. The van der Waals surface area contributed by atoms with E-state index in [-0.39, 0.29) is 24.3 Å². The highest BCUT2D eigenvalue weighted by atomic mass is 16.5. The first kappa shape index (κ1) is 16.9. The molecule has 1 heterocycles. The molecule has 1 rings (SSSR count). The van der Waals surface area contributed by atoms with Crippen molar-refractivity contribution in [2.75, 3.05) is 47.4 Å². The first-order chi connectivity index (χ1) is 9.45. The smallest absolute Gasteiger partial charge is 0.241 e.